The number of hydrogen-bond donors (Lipinski definition) is 1. The SMILES string of the molecule is CNC(c1ccn(C)n1)c1cccc2cnccc12. The summed E-state index contributed by atoms with van der Waals surface area (Å²) in [6.45, 7) is 0. The summed E-state index contributed by atoms with van der Waals surface area (Å²) in [4.78, 5) is 4.18. The van der Waals surface area contributed by atoms with E-state index >= 15 is 0 Å². The van der Waals surface area contributed by atoms with Crippen molar-refractivity contribution in [3.63, 3.8) is 0 Å². The van der Waals surface area contributed by atoms with Crippen LogP contribution in [0.4, 0.5) is 0 Å². The molecule has 19 heavy (non-hydrogen) atoms. The molecule has 3 aromatic rings. The van der Waals surface area contributed by atoms with Crippen LogP contribution >= 0.6 is 0 Å². The number of nitrogens with one attached hydrogen (secondary N) is 1. The van der Waals surface area contributed by atoms with Gasteiger partial charge in [0.25, 0.3) is 0 Å². The Morgan fingerprint density at radius 3 is 2.84 bits per heavy atom. The van der Waals surface area contributed by atoms with Crippen molar-refractivity contribution >= 4 is 10.8 Å². The van der Waals surface area contributed by atoms with Crippen LogP contribution < -0.4 is 5.32 Å². The van der Waals surface area contributed by atoms with Gasteiger partial charge in [-0.2, -0.15) is 5.10 Å². The molecule has 3 rings (SSSR count). The molecule has 4 heteroatoms. The minimum atomic E-state index is 0.0901. The molecular weight excluding hydrogens is 236 g/mol. The average molecular weight is 252 g/mol. The zero-order valence-corrected chi connectivity index (χ0v) is 11.0. The minimum absolute atomic E-state index is 0.0901. The second-order valence-electron chi connectivity index (χ2n) is 4.58. The molecule has 0 saturated heterocycles. The van der Waals surface area contributed by atoms with E-state index in [-0.39, 0.29) is 6.04 Å². The Balaban J connectivity index is 2.16. The highest BCUT2D eigenvalue weighted by Crippen LogP contribution is 2.27. The summed E-state index contributed by atoms with van der Waals surface area (Å²) in [5.41, 5.74) is 2.25. The van der Waals surface area contributed by atoms with Crippen molar-refractivity contribution in [3.05, 3.63) is 60.2 Å². The Kier molecular flexibility index (Phi) is 3.01. The van der Waals surface area contributed by atoms with Gasteiger partial charge in [0.1, 0.15) is 0 Å². The predicted molar refractivity (Wildman–Crippen MR) is 75.9 cm³/mol. The summed E-state index contributed by atoms with van der Waals surface area (Å²) in [5.74, 6) is 0. The fourth-order valence-electron chi connectivity index (χ4n) is 2.45. The van der Waals surface area contributed by atoms with Crippen LogP contribution in [0.15, 0.2) is 48.9 Å². The van der Waals surface area contributed by atoms with Gasteiger partial charge in [-0.25, -0.2) is 0 Å². The van der Waals surface area contributed by atoms with Gasteiger partial charge in [-0.15, -0.1) is 0 Å². The van der Waals surface area contributed by atoms with Gasteiger partial charge >= 0.3 is 0 Å². The van der Waals surface area contributed by atoms with Crippen LogP contribution in [0.3, 0.4) is 0 Å². The highest BCUT2D eigenvalue weighted by molar-refractivity contribution is 5.85. The summed E-state index contributed by atoms with van der Waals surface area (Å²) in [7, 11) is 3.89. The van der Waals surface area contributed by atoms with Crippen molar-refractivity contribution in [2.45, 2.75) is 6.04 Å². The third-order valence-electron chi connectivity index (χ3n) is 3.34. The van der Waals surface area contributed by atoms with E-state index in [9.17, 15) is 0 Å². The lowest BCUT2D eigenvalue weighted by atomic mass is 9.98. The molecule has 2 aromatic heterocycles. The quantitative estimate of drug-likeness (QED) is 0.777. The molecule has 0 fully saturated rings. The normalized spacial score (nSPS) is 12.7. The van der Waals surface area contributed by atoms with Crippen molar-refractivity contribution < 1.29 is 0 Å². The number of rotatable bonds is 3. The molecule has 0 radical (unpaired) electrons. The predicted octanol–water partition coefficient (Wildman–Crippen LogP) is 2.28. The first-order valence-corrected chi connectivity index (χ1v) is 6.29. The van der Waals surface area contributed by atoms with Crippen LogP contribution in [0.2, 0.25) is 0 Å². The van der Waals surface area contributed by atoms with Gasteiger partial charge < -0.3 is 5.32 Å². The average Bonchev–Trinajstić information content (AvgIpc) is 2.86. The Morgan fingerprint density at radius 2 is 2.11 bits per heavy atom. The van der Waals surface area contributed by atoms with Gasteiger partial charge in [0.05, 0.1) is 11.7 Å². The first-order chi connectivity index (χ1) is 9.29. The Morgan fingerprint density at radius 1 is 1.21 bits per heavy atom. The number of benzene rings is 1. The van der Waals surface area contributed by atoms with E-state index < -0.39 is 0 Å². The van der Waals surface area contributed by atoms with E-state index in [2.05, 4.69) is 39.7 Å². The largest absolute Gasteiger partial charge is 0.308 e. The van der Waals surface area contributed by atoms with Crippen molar-refractivity contribution in [1.29, 1.82) is 0 Å². The smallest absolute Gasteiger partial charge is 0.0839 e. The molecule has 0 spiro atoms. The molecule has 0 aliphatic heterocycles. The maximum absolute atomic E-state index is 4.50. The van der Waals surface area contributed by atoms with Gasteiger partial charge in [0.2, 0.25) is 0 Å². The van der Waals surface area contributed by atoms with E-state index in [1.807, 2.05) is 43.4 Å². The zero-order chi connectivity index (χ0) is 13.2. The fraction of sp³-hybridized carbons (Fsp3) is 0.200. The standard InChI is InChI=1S/C15H16N4/c1-16-15(14-7-9-19(2)18-14)13-5-3-4-11-10-17-8-6-12(11)13/h3-10,15-16H,1-2H3. The molecule has 1 unspecified atom stereocenters. The molecule has 0 bridgehead atoms. The third kappa shape index (κ3) is 2.11. The van der Waals surface area contributed by atoms with Gasteiger partial charge in [-0.05, 0) is 30.1 Å². The molecule has 1 atom stereocenters. The molecule has 2 heterocycles. The van der Waals surface area contributed by atoms with Crippen LogP contribution in [0, 0.1) is 0 Å². The molecular formula is C15H16N4. The summed E-state index contributed by atoms with van der Waals surface area (Å²) in [6, 6.07) is 10.5. The molecule has 0 saturated carbocycles. The Hall–Kier alpha value is -2.20. The van der Waals surface area contributed by atoms with E-state index in [0.29, 0.717) is 0 Å². The second-order valence-corrected chi connectivity index (χ2v) is 4.58. The van der Waals surface area contributed by atoms with Gasteiger partial charge in [0, 0.05) is 31.0 Å². The molecule has 4 nitrogen and oxygen atoms in total. The topological polar surface area (TPSA) is 42.7 Å². The number of hydrogen-bond acceptors (Lipinski definition) is 3. The number of nitrogens with zero attached hydrogens (tertiary/aromatic N) is 3. The van der Waals surface area contributed by atoms with Crippen molar-refractivity contribution in [2.24, 2.45) is 7.05 Å². The van der Waals surface area contributed by atoms with Crippen LogP contribution in [0.1, 0.15) is 17.3 Å². The monoisotopic (exact) mass is 252 g/mol. The van der Waals surface area contributed by atoms with E-state index in [1.165, 1.54) is 10.9 Å². The first kappa shape index (κ1) is 11.9. The highest BCUT2D eigenvalue weighted by Gasteiger charge is 2.16. The Labute approximate surface area is 112 Å². The van der Waals surface area contributed by atoms with Crippen molar-refractivity contribution in [3.8, 4) is 0 Å². The zero-order valence-electron chi connectivity index (χ0n) is 11.0. The Bertz CT molecular complexity index is 697. The van der Waals surface area contributed by atoms with Crippen molar-refractivity contribution in [2.75, 3.05) is 7.05 Å². The van der Waals surface area contributed by atoms with Crippen LogP contribution in [-0.2, 0) is 7.05 Å². The van der Waals surface area contributed by atoms with E-state index in [4.69, 9.17) is 0 Å². The molecule has 0 aliphatic rings. The third-order valence-corrected chi connectivity index (χ3v) is 3.34. The van der Waals surface area contributed by atoms with Gasteiger partial charge in [0.15, 0.2) is 0 Å². The molecule has 96 valence electrons. The van der Waals surface area contributed by atoms with Crippen LogP contribution in [-0.4, -0.2) is 21.8 Å². The van der Waals surface area contributed by atoms with E-state index in [1.54, 1.807) is 0 Å². The summed E-state index contributed by atoms with van der Waals surface area (Å²) < 4.78 is 1.83. The first-order valence-electron chi connectivity index (χ1n) is 6.29. The molecule has 1 N–H and O–H groups in total. The van der Waals surface area contributed by atoms with E-state index in [0.717, 1.165) is 11.1 Å². The van der Waals surface area contributed by atoms with Crippen LogP contribution in [0.25, 0.3) is 10.8 Å². The fourth-order valence-corrected chi connectivity index (χ4v) is 2.45. The van der Waals surface area contributed by atoms with Gasteiger partial charge in [-0.3, -0.25) is 9.67 Å². The molecule has 0 aliphatic carbocycles. The lowest BCUT2D eigenvalue weighted by Gasteiger charge is -2.16. The second kappa shape index (κ2) is 4.82. The number of fused-ring (bicyclic) bond motifs is 1. The summed E-state index contributed by atoms with van der Waals surface area (Å²) in [5, 5.41) is 10.2. The lowest BCUT2D eigenvalue weighted by molar-refractivity contribution is 0.645. The maximum Gasteiger partial charge on any atom is 0.0839 e. The van der Waals surface area contributed by atoms with Crippen molar-refractivity contribution in [1.82, 2.24) is 20.1 Å². The maximum atomic E-state index is 4.50. The van der Waals surface area contributed by atoms with Crippen LogP contribution in [0.5, 0.6) is 0 Å². The molecule has 0 amide bonds. The summed E-state index contributed by atoms with van der Waals surface area (Å²) in [6.07, 6.45) is 5.69. The highest BCUT2D eigenvalue weighted by atomic mass is 15.3. The number of aromatic nitrogens is 3. The lowest BCUT2D eigenvalue weighted by Crippen LogP contribution is -2.18. The number of pyridine rings is 1. The summed E-state index contributed by atoms with van der Waals surface area (Å²) >= 11 is 0. The van der Waals surface area contributed by atoms with Gasteiger partial charge in [-0.1, -0.05) is 18.2 Å². The minimum Gasteiger partial charge on any atom is -0.308 e. The molecule has 1 aromatic carbocycles. The number of aryl methyl sites for hydroxylation is 1.